The predicted octanol–water partition coefficient (Wildman–Crippen LogP) is 4.19. The van der Waals surface area contributed by atoms with Crippen molar-refractivity contribution < 1.29 is 0 Å². The highest BCUT2D eigenvalue weighted by Crippen LogP contribution is 2.33. The van der Waals surface area contributed by atoms with Crippen LogP contribution in [-0.4, -0.2) is 16.3 Å². The lowest BCUT2D eigenvalue weighted by Crippen LogP contribution is -2.25. The maximum Gasteiger partial charge on any atom is 0.0837 e. The van der Waals surface area contributed by atoms with Crippen molar-refractivity contribution >= 4 is 39.1 Å². The molecule has 3 nitrogen and oxygen atoms in total. The smallest absolute Gasteiger partial charge is 0.0837 e. The van der Waals surface area contributed by atoms with Crippen LogP contribution in [0.3, 0.4) is 0 Å². The van der Waals surface area contributed by atoms with Crippen molar-refractivity contribution in [2.75, 3.05) is 6.54 Å². The normalized spacial score (nSPS) is 12.7. The molecule has 1 atom stereocenters. The Labute approximate surface area is 131 Å². The Balaban J connectivity index is 2.54. The molecule has 19 heavy (non-hydrogen) atoms. The fourth-order valence-electron chi connectivity index (χ4n) is 2.04. The number of aryl methyl sites for hydroxylation is 1. The van der Waals surface area contributed by atoms with Crippen LogP contribution in [0.25, 0.3) is 0 Å². The van der Waals surface area contributed by atoms with Crippen LogP contribution < -0.4 is 5.32 Å². The summed E-state index contributed by atoms with van der Waals surface area (Å²) < 4.78 is 2.77. The summed E-state index contributed by atoms with van der Waals surface area (Å²) in [6.07, 6.45) is 1.65. The van der Waals surface area contributed by atoms with Crippen molar-refractivity contribution in [3.63, 3.8) is 0 Å². The van der Waals surface area contributed by atoms with Crippen molar-refractivity contribution in [3.8, 4) is 0 Å². The minimum atomic E-state index is -0.0573. The zero-order valence-corrected chi connectivity index (χ0v) is 13.7. The number of nitrogens with zero attached hydrogens (tertiary/aromatic N) is 2. The fraction of sp³-hybridized carbons (Fsp3) is 0.308. The lowest BCUT2D eigenvalue weighted by atomic mass is 10.0. The summed E-state index contributed by atoms with van der Waals surface area (Å²) in [5, 5.41) is 8.94. The third kappa shape index (κ3) is 3.14. The molecular weight excluding hydrogens is 349 g/mol. The molecule has 0 spiro atoms. The fourth-order valence-corrected chi connectivity index (χ4v) is 2.97. The van der Waals surface area contributed by atoms with Gasteiger partial charge in [0.2, 0.25) is 0 Å². The first kappa shape index (κ1) is 14.9. The van der Waals surface area contributed by atoms with E-state index in [0.717, 1.165) is 22.3 Å². The van der Waals surface area contributed by atoms with Gasteiger partial charge in [-0.3, -0.25) is 4.68 Å². The number of hydrogen-bond acceptors (Lipinski definition) is 2. The lowest BCUT2D eigenvalue weighted by molar-refractivity contribution is 0.571. The van der Waals surface area contributed by atoms with Crippen LogP contribution in [0, 0.1) is 0 Å². The van der Waals surface area contributed by atoms with Crippen LogP contribution in [0.15, 0.2) is 28.9 Å². The van der Waals surface area contributed by atoms with Crippen molar-refractivity contribution in [2.45, 2.75) is 13.0 Å². The molecule has 0 amide bonds. The summed E-state index contributed by atoms with van der Waals surface area (Å²) >= 11 is 15.9. The van der Waals surface area contributed by atoms with Crippen LogP contribution in [-0.2, 0) is 7.05 Å². The van der Waals surface area contributed by atoms with E-state index in [2.05, 4.69) is 33.3 Å². The van der Waals surface area contributed by atoms with Gasteiger partial charge < -0.3 is 5.32 Å². The van der Waals surface area contributed by atoms with Crippen molar-refractivity contribution in [3.05, 3.63) is 50.2 Å². The van der Waals surface area contributed by atoms with E-state index < -0.39 is 0 Å². The van der Waals surface area contributed by atoms with E-state index >= 15 is 0 Å². The van der Waals surface area contributed by atoms with Gasteiger partial charge in [-0.05, 0) is 30.3 Å². The third-order valence-corrected chi connectivity index (χ3v) is 4.14. The number of nitrogens with one attached hydrogen (secondary N) is 1. The molecule has 1 heterocycles. The van der Waals surface area contributed by atoms with Crippen molar-refractivity contribution in [2.24, 2.45) is 7.05 Å². The van der Waals surface area contributed by atoms with Crippen molar-refractivity contribution in [1.82, 2.24) is 15.1 Å². The second-order valence-corrected chi connectivity index (χ2v) is 5.86. The molecule has 0 aliphatic rings. The van der Waals surface area contributed by atoms with E-state index in [-0.39, 0.29) is 6.04 Å². The van der Waals surface area contributed by atoms with Gasteiger partial charge in [0.15, 0.2) is 0 Å². The molecule has 1 N–H and O–H groups in total. The van der Waals surface area contributed by atoms with Gasteiger partial charge in [0, 0.05) is 16.5 Å². The van der Waals surface area contributed by atoms with Gasteiger partial charge in [-0.25, -0.2) is 0 Å². The Morgan fingerprint density at radius 3 is 2.74 bits per heavy atom. The van der Waals surface area contributed by atoms with E-state index in [1.807, 2.05) is 25.2 Å². The molecule has 0 bridgehead atoms. The molecule has 1 unspecified atom stereocenters. The molecule has 0 saturated heterocycles. The topological polar surface area (TPSA) is 29.9 Å². The van der Waals surface area contributed by atoms with E-state index in [9.17, 15) is 0 Å². The first-order chi connectivity index (χ1) is 9.04. The summed E-state index contributed by atoms with van der Waals surface area (Å²) in [6.45, 7) is 2.86. The molecule has 2 rings (SSSR count). The average Bonchev–Trinajstić information content (AvgIpc) is 2.70. The van der Waals surface area contributed by atoms with Crippen LogP contribution in [0.5, 0.6) is 0 Å². The minimum Gasteiger partial charge on any atom is -0.305 e. The summed E-state index contributed by atoms with van der Waals surface area (Å²) in [7, 11) is 1.88. The van der Waals surface area contributed by atoms with Gasteiger partial charge in [0.1, 0.15) is 0 Å². The van der Waals surface area contributed by atoms with Gasteiger partial charge in [0.05, 0.1) is 23.0 Å². The average molecular weight is 363 g/mol. The zero-order valence-electron chi connectivity index (χ0n) is 10.6. The number of rotatable bonds is 4. The van der Waals surface area contributed by atoms with Crippen LogP contribution in [0.2, 0.25) is 10.0 Å². The Morgan fingerprint density at radius 1 is 1.42 bits per heavy atom. The lowest BCUT2D eigenvalue weighted by Gasteiger charge is -2.21. The first-order valence-electron chi connectivity index (χ1n) is 5.90. The monoisotopic (exact) mass is 361 g/mol. The molecule has 0 radical (unpaired) electrons. The molecule has 2 aromatic rings. The predicted molar refractivity (Wildman–Crippen MR) is 82.9 cm³/mol. The van der Waals surface area contributed by atoms with Crippen molar-refractivity contribution in [1.29, 1.82) is 0 Å². The first-order valence-corrected chi connectivity index (χ1v) is 7.45. The van der Waals surface area contributed by atoms with Gasteiger partial charge >= 0.3 is 0 Å². The van der Waals surface area contributed by atoms with Crippen LogP contribution in [0.1, 0.15) is 24.2 Å². The Hall–Kier alpha value is -0.550. The van der Waals surface area contributed by atoms with Crippen LogP contribution >= 0.6 is 39.1 Å². The van der Waals surface area contributed by atoms with Gasteiger partial charge in [-0.2, -0.15) is 5.10 Å². The van der Waals surface area contributed by atoms with E-state index in [1.165, 1.54) is 0 Å². The Morgan fingerprint density at radius 2 is 2.16 bits per heavy atom. The van der Waals surface area contributed by atoms with Gasteiger partial charge in [-0.1, -0.05) is 46.1 Å². The summed E-state index contributed by atoms with van der Waals surface area (Å²) in [6, 6.07) is 5.66. The molecule has 102 valence electrons. The summed E-state index contributed by atoms with van der Waals surface area (Å²) in [5.41, 5.74) is 1.96. The van der Waals surface area contributed by atoms with Crippen LogP contribution in [0.4, 0.5) is 0 Å². The highest BCUT2D eigenvalue weighted by atomic mass is 79.9. The largest absolute Gasteiger partial charge is 0.305 e. The summed E-state index contributed by atoms with van der Waals surface area (Å²) in [5.74, 6) is 0. The third-order valence-electron chi connectivity index (χ3n) is 2.89. The highest BCUT2D eigenvalue weighted by molar-refractivity contribution is 9.10. The SMILES string of the molecule is CCNC(c1cc(Cl)ccc1Br)c1c(Cl)cnn1C. The number of aromatic nitrogens is 2. The molecule has 1 aromatic heterocycles. The molecule has 0 aliphatic heterocycles. The minimum absolute atomic E-state index is 0.0573. The number of benzene rings is 1. The second kappa shape index (κ2) is 6.27. The second-order valence-electron chi connectivity index (χ2n) is 4.16. The van der Waals surface area contributed by atoms with E-state index in [0.29, 0.717) is 10.0 Å². The van der Waals surface area contributed by atoms with E-state index in [4.69, 9.17) is 23.2 Å². The molecule has 0 aliphatic carbocycles. The quantitative estimate of drug-likeness (QED) is 0.883. The number of hydrogen-bond donors (Lipinski definition) is 1. The molecule has 0 fully saturated rings. The molecule has 1 aromatic carbocycles. The van der Waals surface area contributed by atoms with Gasteiger partial charge in [-0.15, -0.1) is 0 Å². The maximum absolute atomic E-state index is 6.25. The van der Waals surface area contributed by atoms with E-state index in [1.54, 1.807) is 10.9 Å². The molecule has 6 heteroatoms. The Kier molecular flexibility index (Phi) is 4.90. The summed E-state index contributed by atoms with van der Waals surface area (Å²) in [4.78, 5) is 0. The molecular formula is C13H14BrCl2N3. The molecule has 0 saturated carbocycles. The number of halogens is 3. The van der Waals surface area contributed by atoms with Gasteiger partial charge in [0.25, 0.3) is 0 Å². The standard InChI is InChI=1S/C13H14BrCl2N3/c1-3-17-12(13-11(16)7-18-19(13)2)9-6-8(15)4-5-10(9)14/h4-7,12,17H,3H2,1-2H3. The maximum atomic E-state index is 6.25. The highest BCUT2D eigenvalue weighted by Gasteiger charge is 2.22. The zero-order chi connectivity index (χ0) is 14.0. The Bertz CT molecular complexity index is 564.